The van der Waals surface area contributed by atoms with Gasteiger partial charge < -0.3 is 10.0 Å². The lowest BCUT2D eigenvalue weighted by Gasteiger charge is -2.28. The van der Waals surface area contributed by atoms with Crippen molar-refractivity contribution in [2.45, 2.75) is 24.7 Å². The molecule has 3 nitrogen and oxygen atoms in total. The molecule has 2 aliphatic rings. The fourth-order valence-electron chi connectivity index (χ4n) is 3.31. The number of carbonyl (C=O) groups excluding carboxylic acids is 1. The van der Waals surface area contributed by atoms with Crippen LogP contribution in [0.1, 0.15) is 23.6 Å². The molecule has 0 aromatic heterocycles. The second-order valence-electron chi connectivity index (χ2n) is 6.16. The Bertz CT molecular complexity index is 720. The van der Waals surface area contributed by atoms with Gasteiger partial charge in [-0.2, -0.15) is 13.2 Å². The Hall–Kier alpha value is -2.34. The lowest BCUT2D eigenvalue weighted by molar-refractivity contribution is -0.140. The Kier molecular flexibility index (Phi) is 4.81. The number of benzene rings is 1. The van der Waals surface area contributed by atoms with E-state index < -0.39 is 29.8 Å². The molecule has 1 aromatic carbocycles. The molecule has 0 saturated carbocycles. The van der Waals surface area contributed by atoms with Crippen molar-refractivity contribution in [2.75, 3.05) is 6.54 Å². The summed E-state index contributed by atoms with van der Waals surface area (Å²) in [5, 5.41) is 10.0. The minimum atomic E-state index is -4.51. The zero-order valence-corrected chi connectivity index (χ0v) is 13.4. The van der Waals surface area contributed by atoms with E-state index >= 15 is 0 Å². The molecule has 1 fully saturated rings. The van der Waals surface area contributed by atoms with E-state index in [2.05, 4.69) is 0 Å². The first-order chi connectivity index (χ1) is 11.9. The number of likely N-dealkylation sites (tertiary alicyclic amines) is 1. The molecule has 1 aliphatic carbocycles. The van der Waals surface area contributed by atoms with E-state index in [0.717, 1.165) is 6.07 Å². The molecule has 6 heteroatoms. The van der Waals surface area contributed by atoms with Gasteiger partial charge in [-0.3, -0.25) is 4.79 Å². The highest BCUT2D eigenvalue weighted by Crippen LogP contribution is 2.41. The minimum absolute atomic E-state index is 0.0274. The first kappa shape index (κ1) is 17.5. The molecule has 3 rings (SSSR count). The number of nitrogens with zero attached hydrogens (tertiary/aromatic N) is 1. The minimum Gasteiger partial charge on any atom is -0.391 e. The van der Waals surface area contributed by atoms with Crippen LogP contribution in [0.3, 0.4) is 0 Å². The number of halogens is 3. The number of aliphatic hydroxyl groups is 1. The van der Waals surface area contributed by atoms with Crippen molar-refractivity contribution >= 4 is 5.91 Å². The number of rotatable bonds is 2. The van der Waals surface area contributed by atoms with Gasteiger partial charge in [0.1, 0.15) is 0 Å². The first-order valence-corrected chi connectivity index (χ1v) is 8.04. The highest BCUT2D eigenvalue weighted by molar-refractivity contribution is 5.83. The summed E-state index contributed by atoms with van der Waals surface area (Å²) in [6.45, 7) is 0.0291. The molecule has 1 aliphatic heterocycles. The van der Waals surface area contributed by atoms with E-state index in [1.165, 1.54) is 23.1 Å². The van der Waals surface area contributed by atoms with Crippen LogP contribution >= 0.6 is 0 Å². The summed E-state index contributed by atoms with van der Waals surface area (Å²) in [4.78, 5) is 14.2. The normalized spacial score (nSPS) is 23.9. The molecular formula is C19H18F3NO2. The third-order valence-electron chi connectivity index (χ3n) is 4.44. The summed E-state index contributed by atoms with van der Waals surface area (Å²) in [6, 6.07) is 4.45. The van der Waals surface area contributed by atoms with Crippen LogP contribution in [-0.2, 0) is 11.0 Å². The average molecular weight is 349 g/mol. The standard InChI is InChI=1S/C19H18F3NO2/c20-19(21,22)16-10-6-5-9-15(16)17-11-14(24)12-23(17)18(25)13-7-3-1-2-4-8-13/h1-10,13-14,17,24H,11-12H2/t14-,17-/m0/s1. The van der Waals surface area contributed by atoms with Crippen LogP contribution in [0.5, 0.6) is 0 Å². The van der Waals surface area contributed by atoms with Gasteiger partial charge in [0.15, 0.2) is 0 Å². The number of aliphatic hydroxyl groups excluding tert-OH is 1. The number of hydrogen-bond acceptors (Lipinski definition) is 2. The Morgan fingerprint density at radius 3 is 2.36 bits per heavy atom. The van der Waals surface area contributed by atoms with Gasteiger partial charge in [0, 0.05) is 6.54 Å². The number of hydrogen-bond donors (Lipinski definition) is 1. The summed E-state index contributed by atoms with van der Waals surface area (Å²) in [7, 11) is 0. The van der Waals surface area contributed by atoms with Crippen molar-refractivity contribution in [1.29, 1.82) is 0 Å². The van der Waals surface area contributed by atoms with Crippen LogP contribution in [-0.4, -0.2) is 28.6 Å². The first-order valence-electron chi connectivity index (χ1n) is 8.04. The summed E-state index contributed by atoms with van der Waals surface area (Å²) in [5.41, 5.74) is -0.736. The number of allylic oxidation sites excluding steroid dienone is 4. The van der Waals surface area contributed by atoms with Crippen molar-refractivity contribution in [3.05, 3.63) is 71.8 Å². The second kappa shape index (κ2) is 6.88. The van der Waals surface area contributed by atoms with Crippen LogP contribution in [0.2, 0.25) is 0 Å². The number of carbonyl (C=O) groups is 1. The molecule has 25 heavy (non-hydrogen) atoms. The van der Waals surface area contributed by atoms with Gasteiger partial charge in [-0.25, -0.2) is 0 Å². The molecule has 0 radical (unpaired) electrons. The van der Waals surface area contributed by atoms with E-state index in [0.29, 0.717) is 0 Å². The van der Waals surface area contributed by atoms with Gasteiger partial charge in [-0.05, 0) is 18.1 Å². The molecule has 2 atom stereocenters. The van der Waals surface area contributed by atoms with Crippen molar-refractivity contribution in [3.63, 3.8) is 0 Å². The van der Waals surface area contributed by atoms with Crippen LogP contribution in [0.4, 0.5) is 13.2 Å². The largest absolute Gasteiger partial charge is 0.416 e. The molecular weight excluding hydrogens is 331 g/mol. The van der Waals surface area contributed by atoms with Gasteiger partial charge >= 0.3 is 6.18 Å². The van der Waals surface area contributed by atoms with Crippen molar-refractivity contribution in [3.8, 4) is 0 Å². The fraction of sp³-hybridized carbons (Fsp3) is 0.316. The Morgan fingerprint density at radius 1 is 1.08 bits per heavy atom. The maximum atomic E-state index is 13.3. The molecule has 1 amide bonds. The quantitative estimate of drug-likeness (QED) is 0.886. The van der Waals surface area contributed by atoms with E-state index in [1.54, 1.807) is 36.5 Å². The predicted octanol–water partition coefficient (Wildman–Crippen LogP) is 3.64. The summed E-state index contributed by atoms with van der Waals surface area (Å²) in [5.74, 6) is -0.865. The molecule has 1 saturated heterocycles. The van der Waals surface area contributed by atoms with Gasteiger partial charge in [-0.15, -0.1) is 0 Å². The van der Waals surface area contributed by atoms with E-state index in [1.807, 2.05) is 0 Å². The second-order valence-corrected chi connectivity index (χ2v) is 6.16. The average Bonchev–Trinajstić information content (AvgIpc) is 2.78. The number of alkyl halides is 3. The summed E-state index contributed by atoms with van der Waals surface area (Å²) < 4.78 is 40.0. The van der Waals surface area contributed by atoms with Gasteiger partial charge in [0.05, 0.1) is 23.6 Å². The number of β-amino-alcohol motifs (C(OH)–C–C–N with tert-alkyl or cyclic N) is 1. The smallest absolute Gasteiger partial charge is 0.391 e. The van der Waals surface area contributed by atoms with Crippen LogP contribution in [0, 0.1) is 5.92 Å². The molecule has 132 valence electrons. The molecule has 0 spiro atoms. The van der Waals surface area contributed by atoms with Crippen molar-refractivity contribution in [1.82, 2.24) is 4.90 Å². The monoisotopic (exact) mass is 349 g/mol. The van der Waals surface area contributed by atoms with E-state index in [-0.39, 0.29) is 24.4 Å². The van der Waals surface area contributed by atoms with Crippen LogP contribution in [0.15, 0.2) is 60.7 Å². The summed E-state index contributed by atoms with van der Waals surface area (Å²) >= 11 is 0. The topological polar surface area (TPSA) is 40.5 Å². The lowest BCUT2D eigenvalue weighted by atomic mass is 9.96. The Labute approximate surface area is 143 Å². The number of amides is 1. The third kappa shape index (κ3) is 3.69. The fourth-order valence-corrected chi connectivity index (χ4v) is 3.31. The van der Waals surface area contributed by atoms with Gasteiger partial charge in [0.25, 0.3) is 0 Å². The van der Waals surface area contributed by atoms with Crippen molar-refractivity contribution < 1.29 is 23.1 Å². The maximum absolute atomic E-state index is 13.3. The summed E-state index contributed by atoms with van der Waals surface area (Å²) in [6.07, 6.45) is 5.15. The molecule has 1 heterocycles. The lowest BCUT2D eigenvalue weighted by Crippen LogP contribution is -2.36. The SMILES string of the molecule is O=C(C1C=CC=CC=C1)N1C[C@@H](O)C[C@H]1c1ccccc1C(F)(F)F. The zero-order chi connectivity index (χ0) is 18.0. The molecule has 0 bridgehead atoms. The maximum Gasteiger partial charge on any atom is 0.416 e. The van der Waals surface area contributed by atoms with E-state index in [4.69, 9.17) is 0 Å². The van der Waals surface area contributed by atoms with Crippen LogP contribution in [0.25, 0.3) is 0 Å². The Morgan fingerprint density at radius 2 is 1.72 bits per heavy atom. The predicted molar refractivity (Wildman–Crippen MR) is 87.4 cm³/mol. The van der Waals surface area contributed by atoms with Crippen LogP contribution < -0.4 is 0 Å². The van der Waals surface area contributed by atoms with Gasteiger partial charge in [0.2, 0.25) is 5.91 Å². The van der Waals surface area contributed by atoms with E-state index in [9.17, 15) is 23.1 Å². The van der Waals surface area contributed by atoms with Crippen molar-refractivity contribution in [2.24, 2.45) is 5.92 Å². The highest BCUT2D eigenvalue weighted by Gasteiger charge is 2.42. The molecule has 0 unspecified atom stereocenters. The Balaban J connectivity index is 1.94. The highest BCUT2D eigenvalue weighted by atomic mass is 19.4. The molecule has 1 aromatic rings. The van der Waals surface area contributed by atoms with Gasteiger partial charge in [-0.1, -0.05) is 54.7 Å². The zero-order valence-electron chi connectivity index (χ0n) is 13.4. The third-order valence-corrected chi connectivity index (χ3v) is 4.44. The molecule has 1 N–H and O–H groups in total.